The van der Waals surface area contributed by atoms with Crippen LogP contribution in [0.2, 0.25) is 0 Å². The SMILES string of the molecule is CCC(O)CCNc1nc(NC)nc2[nH]ncc12. The molecule has 0 spiro atoms. The molecule has 7 nitrogen and oxygen atoms in total. The van der Waals surface area contributed by atoms with E-state index >= 15 is 0 Å². The molecular weight excluding hydrogens is 232 g/mol. The highest BCUT2D eigenvalue weighted by molar-refractivity contribution is 5.86. The molecule has 0 radical (unpaired) electrons. The molecule has 0 aliphatic rings. The number of nitrogens with one attached hydrogen (secondary N) is 3. The van der Waals surface area contributed by atoms with Crippen molar-refractivity contribution < 1.29 is 5.11 Å². The Morgan fingerprint density at radius 2 is 2.28 bits per heavy atom. The average molecular weight is 250 g/mol. The molecule has 0 fully saturated rings. The van der Waals surface area contributed by atoms with Gasteiger partial charge in [0.1, 0.15) is 5.82 Å². The Kier molecular flexibility index (Phi) is 3.93. The number of hydrogen-bond donors (Lipinski definition) is 4. The fourth-order valence-electron chi connectivity index (χ4n) is 1.64. The first-order valence-electron chi connectivity index (χ1n) is 6.05. The van der Waals surface area contributed by atoms with Crippen molar-refractivity contribution in [2.75, 3.05) is 24.2 Å². The predicted molar refractivity (Wildman–Crippen MR) is 70.6 cm³/mol. The van der Waals surface area contributed by atoms with Crippen molar-refractivity contribution in [2.24, 2.45) is 0 Å². The summed E-state index contributed by atoms with van der Waals surface area (Å²) in [6, 6.07) is 0. The molecule has 0 saturated carbocycles. The lowest BCUT2D eigenvalue weighted by Gasteiger charge is -2.10. The summed E-state index contributed by atoms with van der Waals surface area (Å²) in [7, 11) is 1.77. The van der Waals surface area contributed by atoms with Crippen LogP contribution in [0.15, 0.2) is 6.20 Å². The normalized spacial score (nSPS) is 12.6. The fourth-order valence-corrected chi connectivity index (χ4v) is 1.64. The van der Waals surface area contributed by atoms with Gasteiger partial charge in [-0.05, 0) is 12.8 Å². The van der Waals surface area contributed by atoms with E-state index in [1.54, 1.807) is 13.2 Å². The van der Waals surface area contributed by atoms with Gasteiger partial charge in [-0.25, -0.2) is 0 Å². The lowest BCUT2D eigenvalue weighted by molar-refractivity contribution is 0.164. The lowest BCUT2D eigenvalue weighted by atomic mass is 10.2. The van der Waals surface area contributed by atoms with E-state index in [-0.39, 0.29) is 6.10 Å². The van der Waals surface area contributed by atoms with E-state index in [1.165, 1.54) is 0 Å². The van der Waals surface area contributed by atoms with Gasteiger partial charge in [0.15, 0.2) is 5.65 Å². The number of nitrogens with zero attached hydrogens (tertiary/aromatic N) is 3. The van der Waals surface area contributed by atoms with Crippen LogP contribution in [0.5, 0.6) is 0 Å². The molecule has 2 rings (SSSR count). The summed E-state index contributed by atoms with van der Waals surface area (Å²) in [6.45, 7) is 2.62. The molecule has 0 amide bonds. The first-order chi connectivity index (χ1) is 8.74. The Balaban J connectivity index is 2.13. The molecule has 0 aromatic carbocycles. The van der Waals surface area contributed by atoms with Gasteiger partial charge < -0.3 is 15.7 Å². The fraction of sp³-hybridized carbons (Fsp3) is 0.545. The molecule has 4 N–H and O–H groups in total. The molecule has 2 heterocycles. The van der Waals surface area contributed by atoms with Crippen molar-refractivity contribution in [3.63, 3.8) is 0 Å². The van der Waals surface area contributed by atoms with E-state index in [2.05, 4.69) is 30.8 Å². The van der Waals surface area contributed by atoms with E-state index in [0.717, 1.165) is 17.6 Å². The minimum Gasteiger partial charge on any atom is -0.393 e. The number of aliphatic hydroxyl groups excluding tert-OH is 1. The standard InChI is InChI=1S/C11H18N6O/c1-3-7(18)4-5-13-9-8-6-14-17-10(8)16-11(12-2)15-9/h6-7,18H,3-5H2,1-2H3,(H3,12,13,14,15,16,17). The molecule has 0 aliphatic carbocycles. The highest BCUT2D eigenvalue weighted by Gasteiger charge is 2.09. The van der Waals surface area contributed by atoms with E-state index in [0.29, 0.717) is 24.6 Å². The van der Waals surface area contributed by atoms with Gasteiger partial charge in [-0.1, -0.05) is 6.92 Å². The van der Waals surface area contributed by atoms with Crippen molar-refractivity contribution in [2.45, 2.75) is 25.9 Å². The quantitative estimate of drug-likeness (QED) is 0.609. The number of aromatic amines is 1. The van der Waals surface area contributed by atoms with Gasteiger partial charge >= 0.3 is 0 Å². The Labute approximate surface area is 105 Å². The van der Waals surface area contributed by atoms with Crippen LogP contribution < -0.4 is 10.6 Å². The highest BCUT2D eigenvalue weighted by Crippen LogP contribution is 2.19. The summed E-state index contributed by atoms with van der Waals surface area (Å²) in [5, 5.41) is 23.2. The third kappa shape index (κ3) is 2.67. The first-order valence-corrected chi connectivity index (χ1v) is 6.05. The van der Waals surface area contributed by atoms with E-state index in [4.69, 9.17) is 0 Å². The maximum absolute atomic E-state index is 9.51. The van der Waals surface area contributed by atoms with Gasteiger partial charge in [0, 0.05) is 13.6 Å². The van der Waals surface area contributed by atoms with Crippen LogP contribution in [0, 0.1) is 0 Å². The molecule has 0 bridgehead atoms. The Morgan fingerprint density at radius 3 is 3.00 bits per heavy atom. The molecule has 2 aromatic rings. The minimum absolute atomic E-state index is 0.275. The summed E-state index contributed by atoms with van der Waals surface area (Å²) in [5.74, 6) is 1.26. The number of hydrogen-bond acceptors (Lipinski definition) is 6. The molecule has 98 valence electrons. The maximum Gasteiger partial charge on any atom is 0.226 e. The zero-order valence-electron chi connectivity index (χ0n) is 10.6. The van der Waals surface area contributed by atoms with Gasteiger partial charge in [0.05, 0.1) is 17.7 Å². The minimum atomic E-state index is -0.275. The second-order valence-electron chi connectivity index (χ2n) is 4.06. The Hall–Kier alpha value is -1.89. The van der Waals surface area contributed by atoms with Crippen molar-refractivity contribution in [1.82, 2.24) is 20.2 Å². The van der Waals surface area contributed by atoms with Crippen molar-refractivity contribution in [3.8, 4) is 0 Å². The molecule has 1 atom stereocenters. The Bertz CT molecular complexity index is 511. The summed E-state index contributed by atoms with van der Waals surface area (Å²) < 4.78 is 0. The summed E-state index contributed by atoms with van der Waals surface area (Å²) in [4.78, 5) is 8.58. The molecule has 7 heteroatoms. The van der Waals surface area contributed by atoms with Crippen LogP contribution in [-0.4, -0.2) is 45.0 Å². The number of aliphatic hydroxyl groups is 1. The van der Waals surface area contributed by atoms with Gasteiger partial charge in [-0.15, -0.1) is 0 Å². The van der Waals surface area contributed by atoms with E-state index in [9.17, 15) is 5.11 Å². The number of aromatic nitrogens is 4. The predicted octanol–water partition coefficient (Wildman–Crippen LogP) is 0.967. The number of anilines is 2. The van der Waals surface area contributed by atoms with Crippen molar-refractivity contribution >= 4 is 22.8 Å². The molecule has 18 heavy (non-hydrogen) atoms. The summed E-state index contributed by atoms with van der Waals surface area (Å²) in [6.07, 6.45) is 2.86. The van der Waals surface area contributed by atoms with Gasteiger partial charge in [0.2, 0.25) is 5.95 Å². The average Bonchev–Trinajstić information content (AvgIpc) is 2.86. The largest absolute Gasteiger partial charge is 0.393 e. The second-order valence-corrected chi connectivity index (χ2v) is 4.06. The van der Waals surface area contributed by atoms with Crippen molar-refractivity contribution in [1.29, 1.82) is 0 Å². The zero-order valence-corrected chi connectivity index (χ0v) is 10.6. The van der Waals surface area contributed by atoms with Crippen LogP contribution in [0.25, 0.3) is 11.0 Å². The van der Waals surface area contributed by atoms with Crippen LogP contribution in [0.1, 0.15) is 19.8 Å². The topological polar surface area (TPSA) is 98.7 Å². The monoisotopic (exact) mass is 250 g/mol. The third-order valence-electron chi connectivity index (χ3n) is 2.77. The second kappa shape index (κ2) is 5.63. The molecular formula is C11H18N6O. The van der Waals surface area contributed by atoms with E-state index < -0.39 is 0 Å². The summed E-state index contributed by atoms with van der Waals surface area (Å²) in [5.41, 5.74) is 0.688. The van der Waals surface area contributed by atoms with Crippen LogP contribution in [0.4, 0.5) is 11.8 Å². The molecule has 0 aliphatic heterocycles. The smallest absolute Gasteiger partial charge is 0.226 e. The Morgan fingerprint density at radius 1 is 1.44 bits per heavy atom. The third-order valence-corrected chi connectivity index (χ3v) is 2.77. The van der Waals surface area contributed by atoms with Crippen LogP contribution in [-0.2, 0) is 0 Å². The first kappa shape index (κ1) is 12.6. The molecule has 0 saturated heterocycles. The van der Waals surface area contributed by atoms with Gasteiger partial charge in [-0.2, -0.15) is 15.1 Å². The van der Waals surface area contributed by atoms with Gasteiger partial charge in [-0.3, -0.25) is 5.10 Å². The van der Waals surface area contributed by atoms with Crippen molar-refractivity contribution in [3.05, 3.63) is 6.20 Å². The molecule has 2 aromatic heterocycles. The molecule has 1 unspecified atom stereocenters. The summed E-state index contributed by atoms with van der Waals surface area (Å²) >= 11 is 0. The van der Waals surface area contributed by atoms with E-state index in [1.807, 2.05) is 6.92 Å². The zero-order chi connectivity index (χ0) is 13.0. The number of H-pyrrole nitrogens is 1. The lowest BCUT2D eigenvalue weighted by Crippen LogP contribution is -2.13. The van der Waals surface area contributed by atoms with Gasteiger partial charge in [0.25, 0.3) is 0 Å². The van der Waals surface area contributed by atoms with Crippen LogP contribution >= 0.6 is 0 Å². The highest BCUT2D eigenvalue weighted by atomic mass is 16.3. The van der Waals surface area contributed by atoms with Crippen LogP contribution in [0.3, 0.4) is 0 Å². The maximum atomic E-state index is 9.51. The number of rotatable bonds is 6. The number of fused-ring (bicyclic) bond motifs is 1.